The standard InChI is InChI=1S/C38H42N2O5/c1-28(2)25-40(26-29(3)35(41)45-27-32-15-9-5-10-16-32)37(44)39-38(36(42)43,23-30-13-7-4-8-14-30)24-31-19-21-34(22-20-31)33-17-11-6-12-18-33/h4-22,28-29H,23-27H2,1-3H3,(H,39,44)(H,42,43)/t29?,38-/m0/s1. The van der Waals surface area contributed by atoms with Gasteiger partial charge in [-0.15, -0.1) is 0 Å². The highest BCUT2D eigenvalue weighted by Crippen LogP contribution is 2.25. The number of hydrogen-bond acceptors (Lipinski definition) is 4. The van der Waals surface area contributed by atoms with Gasteiger partial charge in [0.05, 0.1) is 5.92 Å². The molecule has 0 aliphatic heterocycles. The molecule has 7 heteroatoms. The normalized spacial score (nSPS) is 13.0. The Balaban J connectivity index is 1.56. The van der Waals surface area contributed by atoms with Crippen molar-refractivity contribution in [2.75, 3.05) is 13.1 Å². The molecule has 7 nitrogen and oxygen atoms in total. The lowest BCUT2D eigenvalue weighted by Crippen LogP contribution is -2.61. The Kier molecular flexibility index (Phi) is 11.5. The molecule has 0 bridgehead atoms. The van der Waals surface area contributed by atoms with Crippen molar-refractivity contribution < 1.29 is 24.2 Å². The summed E-state index contributed by atoms with van der Waals surface area (Å²) in [5.74, 6) is -2.08. The third-order valence-electron chi connectivity index (χ3n) is 7.66. The summed E-state index contributed by atoms with van der Waals surface area (Å²) in [5, 5.41) is 13.6. The van der Waals surface area contributed by atoms with Crippen LogP contribution in [-0.4, -0.2) is 46.6 Å². The van der Waals surface area contributed by atoms with Crippen molar-refractivity contribution in [3.63, 3.8) is 0 Å². The first kappa shape index (κ1) is 33.0. The van der Waals surface area contributed by atoms with Crippen LogP contribution >= 0.6 is 0 Å². The first-order chi connectivity index (χ1) is 21.6. The minimum Gasteiger partial charge on any atom is -0.479 e. The predicted molar refractivity (Wildman–Crippen MR) is 176 cm³/mol. The number of nitrogens with one attached hydrogen (secondary N) is 1. The van der Waals surface area contributed by atoms with E-state index in [0.29, 0.717) is 6.54 Å². The number of amides is 2. The van der Waals surface area contributed by atoms with Crippen LogP contribution < -0.4 is 5.32 Å². The number of nitrogens with zero attached hydrogens (tertiary/aromatic N) is 1. The van der Waals surface area contributed by atoms with Gasteiger partial charge in [-0.3, -0.25) is 4.79 Å². The number of carboxylic acids is 1. The topological polar surface area (TPSA) is 95.9 Å². The third kappa shape index (κ3) is 9.54. The largest absolute Gasteiger partial charge is 0.479 e. The lowest BCUT2D eigenvalue weighted by atomic mass is 9.84. The van der Waals surface area contributed by atoms with Gasteiger partial charge in [0.25, 0.3) is 0 Å². The summed E-state index contributed by atoms with van der Waals surface area (Å²) in [6, 6.07) is 35.9. The molecule has 0 saturated heterocycles. The molecule has 2 N–H and O–H groups in total. The smallest absolute Gasteiger partial charge is 0.330 e. The van der Waals surface area contributed by atoms with Crippen molar-refractivity contribution >= 4 is 18.0 Å². The molecule has 2 amide bonds. The monoisotopic (exact) mass is 606 g/mol. The average Bonchev–Trinajstić information content (AvgIpc) is 3.04. The van der Waals surface area contributed by atoms with E-state index in [4.69, 9.17) is 4.74 Å². The van der Waals surface area contributed by atoms with E-state index in [1.807, 2.05) is 129 Å². The highest BCUT2D eigenvalue weighted by Gasteiger charge is 2.42. The molecule has 1 unspecified atom stereocenters. The predicted octanol–water partition coefficient (Wildman–Crippen LogP) is 7.01. The molecule has 234 valence electrons. The SMILES string of the molecule is CC(C)CN(CC(C)C(=O)OCc1ccccc1)C(=O)N[C@@](Cc1ccccc1)(Cc1ccc(-c2ccccc2)cc1)C(=O)O. The fraction of sp³-hybridized carbons (Fsp3) is 0.289. The Bertz CT molecular complexity index is 1530. The van der Waals surface area contributed by atoms with E-state index < -0.39 is 29.4 Å². The van der Waals surface area contributed by atoms with Crippen molar-refractivity contribution in [1.29, 1.82) is 0 Å². The molecule has 0 aliphatic carbocycles. The van der Waals surface area contributed by atoms with Gasteiger partial charge in [-0.25, -0.2) is 9.59 Å². The summed E-state index contributed by atoms with van der Waals surface area (Å²) >= 11 is 0. The van der Waals surface area contributed by atoms with Gasteiger partial charge in [0, 0.05) is 25.9 Å². The van der Waals surface area contributed by atoms with E-state index in [0.717, 1.165) is 27.8 Å². The fourth-order valence-corrected chi connectivity index (χ4v) is 5.33. The molecule has 45 heavy (non-hydrogen) atoms. The number of aliphatic carboxylic acids is 1. The van der Waals surface area contributed by atoms with Gasteiger partial charge in [-0.05, 0) is 33.7 Å². The highest BCUT2D eigenvalue weighted by molar-refractivity contribution is 5.87. The summed E-state index contributed by atoms with van der Waals surface area (Å²) in [6.07, 6.45) is 0.155. The summed E-state index contributed by atoms with van der Waals surface area (Å²) in [4.78, 5) is 41.5. The summed E-state index contributed by atoms with van der Waals surface area (Å²) in [5.41, 5.74) is 2.88. The zero-order valence-corrected chi connectivity index (χ0v) is 26.2. The molecule has 4 rings (SSSR count). The van der Waals surface area contributed by atoms with E-state index in [9.17, 15) is 19.5 Å². The number of esters is 1. The van der Waals surface area contributed by atoms with E-state index in [-0.39, 0.29) is 31.9 Å². The number of carbonyl (C=O) groups excluding carboxylic acids is 2. The van der Waals surface area contributed by atoms with Crippen LogP contribution in [0, 0.1) is 11.8 Å². The van der Waals surface area contributed by atoms with E-state index in [2.05, 4.69) is 5.32 Å². The lowest BCUT2D eigenvalue weighted by Gasteiger charge is -2.35. The molecule has 0 aliphatic rings. The van der Waals surface area contributed by atoms with Crippen molar-refractivity contribution in [3.8, 4) is 11.1 Å². The number of carbonyl (C=O) groups is 3. The molecule has 0 fully saturated rings. The van der Waals surface area contributed by atoms with Crippen LogP contribution in [0.25, 0.3) is 11.1 Å². The maximum Gasteiger partial charge on any atom is 0.330 e. The fourth-order valence-electron chi connectivity index (χ4n) is 5.33. The van der Waals surface area contributed by atoms with Gasteiger partial charge in [-0.2, -0.15) is 0 Å². The van der Waals surface area contributed by atoms with Gasteiger partial charge in [-0.1, -0.05) is 136 Å². The molecule has 2 atom stereocenters. The molecule has 4 aromatic carbocycles. The van der Waals surface area contributed by atoms with Crippen molar-refractivity contribution in [2.45, 2.75) is 45.8 Å². The minimum atomic E-state index is -1.64. The summed E-state index contributed by atoms with van der Waals surface area (Å²) in [6.45, 7) is 6.24. The Labute approximate surface area is 265 Å². The second-order valence-corrected chi connectivity index (χ2v) is 12.0. The van der Waals surface area contributed by atoms with Gasteiger partial charge in [0.15, 0.2) is 0 Å². The number of urea groups is 1. The zero-order chi connectivity index (χ0) is 32.2. The van der Waals surface area contributed by atoms with Crippen molar-refractivity contribution in [3.05, 3.63) is 132 Å². The van der Waals surface area contributed by atoms with Crippen LogP contribution in [-0.2, 0) is 33.8 Å². The maximum absolute atomic E-state index is 14.0. The number of hydrogen-bond donors (Lipinski definition) is 2. The van der Waals surface area contributed by atoms with Crippen LogP contribution in [0.4, 0.5) is 4.79 Å². The molecular formula is C38H42N2O5. The summed E-state index contributed by atoms with van der Waals surface area (Å²) < 4.78 is 5.52. The first-order valence-electron chi connectivity index (χ1n) is 15.3. The third-order valence-corrected chi connectivity index (χ3v) is 7.66. The number of benzene rings is 4. The van der Waals surface area contributed by atoms with Crippen molar-refractivity contribution in [1.82, 2.24) is 10.2 Å². The molecule has 0 saturated carbocycles. The highest BCUT2D eigenvalue weighted by atomic mass is 16.5. The summed E-state index contributed by atoms with van der Waals surface area (Å²) in [7, 11) is 0. The van der Waals surface area contributed by atoms with Crippen LogP contribution in [0.5, 0.6) is 0 Å². The Morgan fingerprint density at radius 1 is 0.689 bits per heavy atom. The molecule has 0 radical (unpaired) electrons. The number of rotatable bonds is 14. The number of carboxylic acid groups (broad SMARTS) is 1. The maximum atomic E-state index is 14.0. The van der Waals surface area contributed by atoms with E-state index in [1.54, 1.807) is 6.92 Å². The van der Waals surface area contributed by atoms with Gasteiger partial charge >= 0.3 is 18.0 Å². The van der Waals surface area contributed by atoms with E-state index >= 15 is 0 Å². The van der Waals surface area contributed by atoms with Crippen LogP contribution in [0.15, 0.2) is 115 Å². The van der Waals surface area contributed by atoms with E-state index in [1.165, 1.54) is 4.90 Å². The molecular weight excluding hydrogens is 564 g/mol. The molecule has 0 spiro atoms. The van der Waals surface area contributed by atoms with Crippen molar-refractivity contribution in [2.24, 2.45) is 11.8 Å². The lowest BCUT2D eigenvalue weighted by molar-refractivity contribution is -0.150. The molecule has 4 aromatic rings. The quantitative estimate of drug-likeness (QED) is 0.151. The minimum absolute atomic E-state index is 0.0717. The Morgan fingerprint density at radius 2 is 1.18 bits per heavy atom. The Hall–Kier alpha value is -4.91. The van der Waals surface area contributed by atoms with Gasteiger partial charge < -0.3 is 20.1 Å². The second-order valence-electron chi connectivity index (χ2n) is 12.0. The molecule has 0 aromatic heterocycles. The van der Waals surface area contributed by atoms with Gasteiger partial charge in [0.2, 0.25) is 0 Å². The second kappa shape index (κ2) is 15.7. The van der Waals surface area contributed by atoms with Crippen LogP contribution in [0.2, 0.25) is 0 Å². The first-order valence-corrected chi connectivity index (χ1v) is 15.3. The van der Waals surface area contributed by atoms with Crippen LogP contribution in [0.3, 0.4) is 0 Å². The van der Waals surface area contributed by atoms with Crippen LogP contribution in [0.1, 0.15) is 37.5 Å². The van der Waals surface area contributed by atoms with Gasteiger partial charge in [0.1, 0.15) is 12.1 Å². The molecule has 0 heterocycles. The Morgan fingerprint density at radius 3 is 1.71 bits per heavy atom. The average molecular weight is 607 g/mol. The number of ether oxygens (including phenoxy) is 1. The zero-order valence-electron chi connectivity index (χ0n) is 26.2.